The van der Waals surface area contributed by atoms with Crippen LogP contribution in [0.1, 0.15) is 36.9 Å². The topological polar surface area (TPSA) is 81.1 Å². The van der Waals surface area contributed by atoms with Gasteiger partial charge in [-0.25, -0.2) is 9.18 Å². The predicted octanol–water partition coefficient (Wildman–Crippen LogP) is 2.19. The predicted molar refractivity (Wildman–Crippen MR) is 89.8 cm³/mol. The first-order chi connectivity index (χ1) is 12.1. The normalized spacial score (nSPS) is 19.2. The zero-order chi connectivity index (χ0) is 17.8. The molecule has 3 rings (SSSR count). The second-order valence-electron chi connectivity index (χ2n) is 6.11. The molecule has 2 N–H and O–H groups in total. The summed E-state index contributed by atoms with van der Waals surface area (Å²) in [5.74, 6) is 0.154. The van der Waals surface area contributed by atoms with Crippen molar-refractivity contribution in [3.05, 3.63) is 41.5 Å². The number of aromatic nitrogens is 3. The highest BCUT2D eigenvalue weighted by Crippen LogP contribution is 2.38. The van der Waals surface area contributed by atoms with Crippen LogP contribution < -0.4 is 15.4 Å². The molecule has 0 atom stereocenters. The van der Waals surface area contributed by atoms with E-state index in [2.05, 4.69) is 20.8 Å². The van der Waals surface area contributed by atoms with Gasteiger partial charge in [-0.3, -0.25) is 0 Å². The molecule has 2 aromatic rings. The van der Waals surface area contributed by atoms with Gasteiger partial charge in [-0.05, 0) is 43.4 Å². The van der Waals surface area contributed by atoms with Crippen LogP contribution in [0.3, 0.4) is 0 Å². The molecule has 8 heteroatoms. The van der Waals surface area contributed by atoms with Gasteiger partial charge in [0.15, 0.2) is 11.6 Å². The summed E-state index contributed by atoms with van der Waals surface area (Å²) in [5, 5.41) is 14.0. The number of halogens is 1. The van der Waals surface area contributed by atoms with Gasteiger partial charge in [-0.1, -0.05) is 6.07 Å². The fraction of sp³-hybridized carbons (Fsp3) is 0.471. The Labute approximate surface area is 145 Å². The fourth-order valence-electron chi connectivity index (χ4n) is 2.92. The summed E-state index contributed by atoms with van der Waals surface area (Å²) in [6.07, 6.45) is 3.23. The lowest BCUT2D eigenvalue weighted by Gasteiger charge is -2.36. The maximum absolute atomic E-state index is 13.7. The first-order valence-corrected chi connectivity index (χ1v) is 8.35. The number of ether oxygens (including phenoxy) is 1. The quantitative estimate of drug-likeness (QED) is 0.839. The Morgan fingerprint density at radius 3 is 2.88 bits per heavy atom. The summed E-state index contributed by atoms with van der Waals surface area (Å²) in [6.45, 7) is 2.99. The number of amides is 2. The first kappa shape index (κ1) is 17.2. The van der Waals surface area contributed by atoms with Gasteiger partial charge in [0, 0.05) is 6.04 Å². The Morgan fingerprint density at radius 2 is 2.24 bits per heavy atom. The molecule has 0 saturated heterocycles. The van der Waals surface area contributed by atoms with Gasteiger partial charge in [0.05, 0.1) is 26.4 Å². The van der Waals surface area contributed by atoms with Gasteiger partial charge in [0.25, 0.3) is 0 Å². The summed E-state index contributed by atoms with van der Waals surface area (Å²) >= 11 is 0. The number of methoxy groups -OCH3 is 1. The van der Waals surface area contributed by atoms with E-state index in [1.54, 1.807) is 17.1 Å². The van der Waals surface area contributed by atoms with E-state index in [4.69, 9.17) is 4.74 Å². The van der Waals surface area contributed by atoms with Crippen molar-refractivity contribution < 1.29 is 13.9 Å². The lowest BCUT2D eigenvalue weighted by Crippen LogP contribution is -2.47. The molecular weight excluding hydrogens is 325 g/mol. The minimum absolute atomic E-state index is 0.0986. The molecule has 0 aliphatic heterocycles. The molecule has 1 fully saturated rings. The Kier molecular flexibility index (Phi) is 5.16. The van der Waals surface area contributed by atoms with E-state index in [9.17, 15) is 9.18 Å². The van der Waals surface area contributed by atoms with Crippen molar-refractivity contribution in [2.45, 2.75) is 44.8 Å². The van der Waals surface area contributed by atoms with Crippen molar-refractivity contribution in [3.63, 3.8) is 0 Å². The van der Waals surface area contributed by atoms with Gasteiger partial charge in [0.1, 0.15) is 5.69 Å². The highest BCUT2D eigenvalue weighted by atomic mass is 19.1. The molecule has 2 amide bonds. The molecule has 134 valence electrons. The highest BCUT2D eigenvalue weighted by Gasteiger charge is 2.31. The first-order valence-electron chi connectivity index (χ1n) is 8.35. The number of hydrogen-bond acceptors (Lipinski definition) is 4. The maximum Gasteiger partial charge on any atom is 0.315 e. The van der Waals surface area contributed by atoms with Crippen LogP contribution in [0.5, 0.6) is 5.75 Å². The second kappa shape index (κ2) is 7.50. The van der Waals surface area contributed by atoms with Crippen LogP contribution in [-0.2, 0) is 13.1 Å². The number of carbonyl (C=O) groups is 1. The highest BCUT2D eigenvalue weighted by molar-refractivity contribution is 5.74. The van der Waals surface area contributed by atoms with E-state index >= 15 is 0 Å². The summed E-state index contributed by atoms with van der Waals surface area (Å²) in [5.41, 5.74) is 1.66. The Balaban J connectivity index is 1.42. The monoisotopic (exact) mass is 347 g/mol. The van der Waals surface area contributed by atoms with Crippen LogP contribution in [-0.4, -0.2) is 34.2 Å². The lowest BCUT2D eigenvalue weighted by atomic mass is 9.76. The molecule has 7 nitrogen and oxygen atoms in total. The lowest BCUT2D eigenvalue weighted by molar-refractivity contribution is 0.222. The summed E-state index contributed by atoms with van der Waals surface area (Å²) in [7, 11) is 1.45. The van der Waals surface area contributed by atoms with Crippen LogP contribution in [0, 0.1) is 5.82 Å². The number of aryl methyl sites for hydroxylation is 1. The van der Waals surface area contributed by atoms with E-state index in [1.807, 2.05) is 13.0 Å². The third-order valence-corrected chi connectivity index (χ3v) is 4.42. The van der Waals surface area contributed by atoms with Crippen molar-refractivity contribution in [2.24, 2.45) is 0 Å². The van der Waals surface area contributed by atoms with Gasteiger partial charge in [-0.2, -0.15) is 15.0 Å². The molecule has 1 aromatic carbocycles. The number of nitrogens with zero attached hydrogens (tertiary/aromatic N) is 3. The fourth-order valence-corrected chi connectivity index (χ4v) is 2.92. The molecule has 1 aromatic heterocycles. The van der Waals surface area contributed by atoms with Crippen molar-refractivity contribution in [1.29, 1.82) is 0 Å². The SMILES string of the molecule is CCn1ncc(CNC(=O)NC2CC(c3ccc(OC)c(F)c3)C2)n1. The Bertz CT molecular complexity index is 742. The van der Waals surface area contributed by atoms with Crippen LogP contribution >= 0.6 is 0 Å². The van der Waals surface area contributed by atoms with Gasteiger partial charge < -0.3 is 15.4 Å². The zero-order valence-corrected chi connectivity index (χ0v) is 14.3. The number of hydrogen-bond donors (Lipinski definition) is 2. The number of nitrogens with one attached hydrogen (secondary N) is 2. The Morgan fingerprint density at radius 1 is 1.44 bits per heavy atom. The van der Waals surface area contributed by atoms with E-state index in [0.29, 0.717) is 13.1 Å². The zero-order valence-electron chi connectivity index (χ0n) is 14.3. The summed E-state index contributed by atoms with van der Waals surface area (Å²) in [6, 6.07) is 4.90. The van der Waals surface area contributed by atoms with Gasteiger partial charge >= 0.3 is 6.03 Å². The minimum atomic E-state index is -0.353. The van der Waals surface area contributed by atoms with Gasteiger partial charge in [0.2, 0.25) is 0 Å². The average molecular weight is 347 g/mol. The number of urea groups is 1. The number of carbonyl (C=O) groups excluding carboxylic acids is 1. The Hall–Kier alpha value is -2.64. The third kappa shape index (κ3) is 4.07. The summed E-state index contributed by atoms with van der Waals surface area (Å²) < 4.78 is 18.7. The van der Waals surface area contributed by atoms with E-state index in [-0.39, 0.29) is 29.6 Å². The van der Waals surface area contributed by atoms with Crippen LogP contribution in [0.15, 0.2) is 24.4 Å². The van der Waals surface area contributed by atoms with E-state index < -0.39 is 0 Å². The molecule has 0 bridgehead atoms. The minimum Gasteiger partial charge on any atom is -0.494 e. The van der Waals surface area contributed by atoms with E-state index in [0.717, 1.165) is 24.1 Å². The third-order valence-electron chi connectivity index (χ3n) is 4.42. The standard InChI is InChI=1S/C17H22FN5O2/c1-3-23-20-10-14(22-23)9-19-17(24)21-13-6-12(7-13)11-4-5-16(25-2)15(18)8-11/h4-5,8,10,12-13H,3,6-7,9H2,1-2H3,(H2,19,21,24). The smallest absolute Gasteiger partial charge is 0.315 e. The second-order valence-corrected chi connectivity index (χ2v) is 6.11. The largest absolute Gasteiger partial charge is 0.494 e. The van der Waals surface area contributed by atoms with Crippen LogP contribution in [0.2, 0.25) is 0 Å². The van der Waals surface area contributed by atoms with Crippen molar-refractivity contribution in [1.82, 2.24) is 25.6 Å². The van der Waals surface area contributed by atoms with Crippen LogP contribution in [0.25, 0.3) is 0 Å². The molecular formula is C17H22FN5O2. The molecule has 0 radical (unpaired) electrons. The molecule has 0 unspecified atom stereocenters. The van der Waals surface area contributed by atoms with Crippen molar-refractivity contribution in [3.8, 4) is 5.75 Å². The molecule has 1 heterocycles. The van der Waals surface area contributed by atoms with Crippen molar-refractivity contribution in [2.75, 3.05) is 7.11 Å². The molecule has 1 aliphatic rings. The molecule has 1 saturated carbocycles. The average Bonchev–Trinajstić information content (AvgIpc) is 3.04. The van der Waals surface area contributed by atoms with Crippen molar-refractivity contribution >= 4 is 6.03 Å². The molecule has 0 spiro atoms. The summed E-state index contributed by atoms with van der Waals surface area (Å²) in [4.78, 5) is 13.5. The van der Waals surface area contributed by atoms with Crippen LogP contribution in [0.4, 0.5) is 9.18 Å². The van der Waals surface area contributed by atoms with E-state index in [1.165, 1.54) is 13.2 Å². The number of rotatable bonds is 6. The molecule has 25 heavy (non-hydrogen) atoms. The van der Waals surface area contributed by atoms with Gasteiger partial charge in [-0.15, -0.1) is 0 Å². The molecule has 1 aliphatic carbocycles. The number of benzene rings is 1. The maximum atomic E-state index is 13.7.